The quantitative estimate of drug-likeness (QED) is 0.800. The van der Waals surface area contributed by atoms with Crippen molar-refractivity contribution < 1.29 is 4.79 Å². The second-order valence-electron chi connectivity index (χ2n) is 4.64. The highest BCUT2D eigenvalue weighted by Gasteiger charge is 2.28. The van der Waals surface area contributed by atoms with E-state index in [2.05, 4.69) is 22.5 Å². The van der Waals surface area contributed by atoms with E-state index in [0.29, 0.717) is 12.5 Å². The summed E-state index contributed by atoms with van der Waals surface area (Å²) in [6.07, 6.45) is 4.44. The van der Waals surface area contributed by atoms with Gasteiger partial charge in [0.1, 0.15) is 0 Å². The van der Waals surface area contributed by atoms with E-state index in [-0.39, 0.29) is 11.8 Å². The summed E-state index contributed by atoms with van der Waals surface area (Å²) in [6.45, 7) is 4.56. The molecule has 17 heavy (non-hydrogen) atoms. The standard InChI is InChI=1S/C13H19N3O/c1-10-7-15-9-12(10)13(17)16-6-4-11-3-2-5-14-8-11/h2-3,5,8,10,12,15H,4,6-7,9H2,1H3,(H,16,17)/t10-,12-/m1/s1. The molecule has 1 aliphatic rings. The van der Waals surface area contributed by atoms with Crippen molar-refractivity contribution in [3.63, 3.8) is 0 Å². The van der Waals surface area contributed by atoms with Crippen LogP contribution in [0.15, 0.2) is 24.5 Å². The number of carbonyl (C=O) groups excluding carboxylic acids is 1. The first-order valence-electron chi connectivity index (χ1n) is 6.14. The molecule has 0 radical (unpaired) electrons. The average Bonchev–Trinajstić information content (AvgIpc) is 2.77. The van der Waals surface area contributed by atoms with Crippen molar-refractivity contribution in [3.05, 3.63) is 30.1 Å². The van der Waals surface area contributed by atoms with E-state index in [0.717, 1.165) is 25.1 Å². The van der Waals surface area contributed by atoms with Gasteiger partial charge in [-0.3, -0.25) is 9.78 Å². The molecule has 1 aliphatic heterocycles. The predicted octanol–water partition coefficient (Wildman–Crippen LogP) is 0.596. The molecule has 4 heteroatoms. The fourth-order valence-corrected chi connectivity index (χ4v) is 2.17. The molecule has 1 saturated heterocycles. The van der Waals surface area contributed by atoms with E-state index in [1.54, 1.807) is 6.20 Å². The van der Waals surface area contributed by atoms with E-state index >= 15 is 0 Å². The van der Waals surface area contributed by atoms with Crippen LogP contribution >= 0.6 is 0 Å². The molecule has 1 aromatic heterocycles. The number of nitrogens with one attached hydrogen (secondary N) is 2. The van der Waals surface area contributed by atoms with E-state index in [9.17, 15) is 4.79 Å². The highest BCUT2D eigenvalue weighted by molar-refractivity contribution is 5.79. The van der Waals surface area contributed by atoms with Crippen molar-refractivity contribution >= 4 is 5.91 Å². The van der Waals surface area contributed by atoms with Crippen LogP contribution in [-0.4, -0.2) is 30.5 Å². The Morgan fingerprint density at radius 1 is 1.59 bits per heavy atom. The molecule has 92 valence electrons. The van der Waals surface area contributed by atoms with Gasteiger partial charge in [-0.2, -0.15) is 0 Å². The van der Waals surface area contributed by atoms with Crippen LogP contribution in [0.5, 0.6) is 0 Å². The van der Waals surface area contributed by atoms with Crippen LogP contribution in [-0.2, 0) is 11.2 Å². The van der Waals surface area contributed by atoms with Gasteiger partial charge in [-0.05, 0) is 30.5 Å². The van der Waals surface area contributed by atoms with Crippen LogP contribution in [0.3, 0.4) is 0 Å². The lowest BCUT2D eigenvalue weighted by molar-refractivity contribution is -0.125. The lowest BCUT2D eigenvalue weighted by Gasteiger charge is -2.13. The number of amides is 1. The number of nitrogens with zero attached hydrogens (tertiary/aromatic N) is 1. The third-order valence-corrected chi connectivity index (χ3v) is 3.29. The minimum absolute atomic E-state index is 0.129. The van der Waals surface area contributed by atoms with E-state index in [4.69, 9.17) is 0 Å². The normalized spacial score (nSPS) is 23.6. The Hall–Kier alpha value is -1.42. The molecular weight excluding hydrogens is 214 g/mol. The number of hydrogen-bond acceptors (Lipinski definition) is 3. The summed E-state index contributed by atoms with van der Waals surface area (Å²) >= 11 is 0. The largest absolute Gasteiger partial charge is 0.355 e. The minimum Gasteiger partial charge on any atom is -0.355 e. The zero-order valence-corrected chi connectivity index (χ0v) is 10.1. The van der Waals surface area contributed by atoms with Gasteiger partial charge in [0.05, 0.1) is 5.92 Å². The van der Waals surface area contributed by atoms with Crippen molar-refractivity contribution in [1.29, 1.82) is 0 Å². The van der Waals surface area contributed by atoms with Gasteiger partial charge < -0.3 is 10.6 Å². The monoisotopic (exact) mass is 233 g/mol. The third kappa shape index (κ3) is 3.27. The van der Waals surface area contributed by atoms with E-state index < -0.39 is 0 Å². The molecule has 2 rings (SSSR count). The fraction of sp³-hybridized carbons (Fsp3) is 0.538. The summed E-state index contributed by atoms with van der Waals surface area (Å²) in [5.74, 6) is 0.740. The Kier molecular flexibility index (Phi) is 4.09. The summed E-state index contributed by atoms with van der Waals surface area (Å²) in [5, 5.41) is 6.24. The first-order valence-corrected chi connectivity index (χ1v) is 6.14. The Labute approximate surface area is 102 Å². The maximum absolute atomic E-state index is 11.9. The first-order chi connectivity index (χ1) is 8.27. The van der Waals surface area contributed by atoms with Gasteiger partial charge in [-0.1, -0.05) is 13.0 Å². The number of carbonyl (C=O) groups is 1. The molecule has 1 aromatic rings. The first kappa shape index (κ1) is 12.0. The van der Waals surface area contributed by atoms with Crippen LogP contribution in [0.2, 0.25) is 0 Å². The summed E-state index contributed by atoms with van der Waals surface area (Å²) in [4.78, 5) is 15.9. The Bertz CT molecular complexity index is 366. The van der Waals surface area contributed by atoms with Crippen LogP contribution in [0, 0.1) is 11.8 Å². The molecule has 0 unspecified atom stereocenters. The van der Waals surface area contributed by atoms with Gasteiger partial charge in [-0.15, -0.1) is 0 Å². The third-order valence-electron chi connectivity index (χ3n) is 3.29. The van der Waals surface area contributed by atoms with Crippen molar-refractivity contribution in [3.8, 4) is 0 Å². The summed E-state index contributed by atoms with van der Waals surface area (Å²) < 4.78 is 0. The minimum atomic E-state index is 0.129. The van der Waals surface area contributed by atoms with Crippen molar-refractivity contribution in [2.75, 3.05) is 19.6 Å². The van der Waals surface area contributed by atoms with Crippen LogP contribution in [0.25, 0.3) is 0 Å². The molecular formula is C13H19N3O. The SMILES string of the molecule is C[C@@H]1CNC[C@H]1C(=O)NCCc1cccnc1. The van der Waals surface area contributed by atoms with Crippen LogP contribution in [0.1, 0.15) is 12.5 Å². The van der Waals surface area contributed by atoms with Gasteiger partial charge >= 0.3 is 0 Å². The molecule has 0 spiro atoms. The second kappa shape index (κ2) is 5.77. The Morgan fingerprint density at radius 3 is 3.12 bits per heavy atom. The van der Waals surface area contributed by atoms with Gasteiger partial charge in [0.2, 0.25) is 5.91 Å². The number of aromatic nitrogens is 1. The molecule has 2 heterocycles. The number of rotatable bonds is 4. The lowest BCUT2D eigenvalue weighted by Crippen LogP contribution is -2.35. The maximum atomic E-state index is 11.9. The molecule has 1 fully saturated rings. The zero-order chi connectivity index (χ0) is 12.1. The average molecular weight is 233 g/mol. The van der Waals surface area contributed by atoms with Crippen molar-refractivity contribution in [2.45, 2.75) is 13.3 Å². The van der Waals surface area contributed by atoms with Gasteiger partial charge in [0.15, 0.2) is 0 Å². The molecule has 0 saturated carbocycles. The molecule has 2 N–H and O–H groups in total. The summed E-state index contributed by atoms with van der Waals surface area (Å²) in [6, 6.07) is 3.94. The highest BCUT2D eigenvalue weighted by Crippen LogP contribution is 2.15. The molecule has 0 aliphatic carbocycles. The van der Waals surface area contributed by atoms with E-state index in [1.807, 2.05) is 18.3 Å². The van der Waals surface area contributed by atoms with Crippen molar-refractivity contribution in [1.82, 2.24) is 15.6 Å². The van der Waals surface area contributed by atoms with Gasteiger partial charge in [0, 0.05) is 25.5 Å². The molecule has 4 nitrogen and oxygen atoms in total. The number of hydrogen-bond donors (Lipinski definition) is 2. The lowest BCUT2D eigenvalue weighted by atomic mass is 9.97. The van der Waals surface area contributed by atoms with E-state index in [1.165, 1.54) is 0 Å². The molecule has 1 amide bonds. The fourth-order valence-electron chi connectivity index (χ4n) is 2.17. The smallest absolute Gasteiger partial charge is 0.224 e. The van der Waals surface area contributed by atoms with Gasteiger partial charge in [-0.25, -0.2) is 0 Å². The Morgan fingerprint density at radius 2 is 2.47 bits per heavy atom. The Balaban J connectivity index is 1.73. The maximum Gasteiger partial charge on any atom is 0.224 e. The number of pyridine rings is 1. The van der Waals surface area contributed by atoms with Crippen molar-refractivity contribution in [2.24, 2.45) is 11.8 Å². The zero-order valence-electron chi connectivity index (χ0n) is 10.1. The second-order valence-corrected chi connectivity index (χ2v) is 4.64. The predicted molar refractivity (Wildman–Crippen MR) is 66.5 cm³/mol. The summed E-state index contributed by atoms with van der Waals surface area (Å²) in [7, 11) is 0. The van der Waals surface area contributed by atoms with Crippen LogP contribution < -0.4 is 10.6 Å². The van der Waals surface area contributed by atoms with Gasteiger partial charge in [0.25, 0.3) is 0 Å². The topological polar surface area (TPSA) is 54.0 Å². The highest BCUT2D eigenvalue weighted by atomic mass is 16.1. The molecule has 0 aromatic carbocycles. The van der Waals surface area contributed by atoms with Crippen LogP contribution in [0.4, 0.5) is 0 Å². The summed E-state index contributed by atoms with van der Waals surface area (Å²) in [5.41, 5.74) is 1.16. The molecule has 2 atom stereocenters. The molecule has 0 bridgehead atoms.